The van der Waals surface area contributed by atoms with Crippen molar-refractivity contribution in [2.75, 3.05) is 13.6 Å². The second-order valence-electron chi connectivity index (χ2n) is 3.84. The Morgan fingerprint density at radius 3 is 2.75 bits per heavy atom. The summed E-state index contributed by atoms with van der Waals surface area (Å²) in [5.41, 5.74) is 0. The molecule has 90 valence electrons. The van der Waals surface area contributed by atoms with E-state index in [-0.39, 0.29) is 11.9 Å². The van der Waals surface area contributed by atoms with Crippen molar-refractivity contribution in [2.24, 2.45) is 0 Å². The van der Waals surface area contributed by atoms with Gasteiger partial charge in [0.1, 0.15) is 5.01 Å². The van der Waals surface area contributed by atoms with Crippen LogP contribution in [0.1, 0.15) is 18.9 Å². The minimum atomic E-state index is 0.00751. The molecule has 0 saturated heterocycles. The van der Waals surface area contributed by atoms with Crippen LogP contribution in [0.15, 0.2) is 0 Å². The van der Waals surface area contributed by atoms with Crippen LogP contribution in [-0.4, -0.2) is 40.6 Å². The van der Waals surface area contributed by atoms with E-state index < -0.39 is 0 Å². The van der Waals surface area contributed by atoms with E-state index in [1.807, 2.05) is 25.8 Å². The van der Waals surface area contributed by atoms with Crippen molar-refractivity contribution in [3.63, 3.8) is 0 Å². The molecule has 1 aromatic rings. The third-order valence-corrected chi connectivity index (χ3v) is 2.71. The Morgan fingerprint density at radius 2 is 2.25 bits per heavy atom. The highest BCUT2D eigenvalue weighted by atomic mass is 35.5. The maximum atomic E-state index is 11.4. The van der Waals surface area contributed by atoms with E-state index in [0.29, 0.717) is 17.6 Å². The van der Waals surface area contributed by atoms with Gasteiger partial charge in [0.25, 0.3) is 0 Å². The quantitative estimate of drug-likeness (QED) is 0.865. The predicted molar refractivity (Wildman–Crippen MR) is 64.5 cm³/mol. The third kappa shape index (κ3) is 4.87. The lowest BCUT2D eigenvalue weighted by molar-refractivity contribution is -0.122. The highest BCUT2D eigenvalue weighted by molar-refractivity contribution is 7.15. The van der Waals surface area contributed by atoms with Gasteiger partial charge in [-0.2, -0.15) is 0 Å². The molecule has 0 saturated carbocycles. The van der Waals surface area contributed by atoms with E-state index in [1.165, 1.54) is 11.3 Å². The maximum absolute atomic E-state index is 11.4. The predicted octanol–water partition coefficient (Wildman–Crippen LogP) is 1.15. The zero-order chi connectivity index (χ0) is 12.1. The minimum Gasteiger partial charge on any atom is -0.353 e. The third-order valence-electron chi connectivity index (χ3n) is 1.71. The fourth-order valence-electron chi connectivity index (χ4n) is 1.20. The molecule has 7 heteroatoms. The number of nitrogens with zero attached hydrogens (tertiary/aromatic N) is 3. The fraction of sp³-hybridized carbons (Fsp3) is 0.667. The normalized spacial score (nSPS) is 11.1. The van der Waals surface area contributed by atoms with Crippen molar-refractivity contribution in [3.05, 3.63) is 9.47 Å². The number of halogens is 1. The summed E-state index contributed by atoms with van der Waals surface area (Å²) in [6.07, 6.45) is 0. The highest BCUT2D eigenvalue weighted by Crippen LogP contribution is 2.15. The lowest BCUT2D eigenvalue weighted by Gasteiger charge is -2.15. The van der Waals surface area contributed by atoms with E-state index in [0.717, 1.165) is 5.01 Å². The number of hydrogen-bond acceptors (Lipinski definition) is 5. The number of aromatic nitrogens is 2. The Morgan fingerprint density at radius 1 is 1.56 bits per heavy atom. The number of rotatable bonds is 5. The Bertz CT molecular complexity index is 355. The van der Waals surface area contributed by atoms with Crippen molar-refractivity contribution >= 4 is 28.8 Å². The number of carbonyl (C=O) groups excluding carboxylic acids is 1. The SMILES string of the molecule is CC(C)NC(=O)CN(C)Cc1nnc(Cl)s1. The summed E-state index contributed by atoms with van der Waals surface area (Å²) in [5, 5.41) is 11.2. The van der Waals surface area contributed by atoms with Crippen LogP contribution < -0.4 is 5.32 Å². The molecule has 1 aromatic heterocycles. The van der Waals surface area contributed by atoms with Gasteiger partial charge in [0, 0.05) is 6.04 Å². The molecule has 0 aliphatic rings. The number of carbonyl (C=O) groups is 1. The first kappa shape index (κ1) is 13.3. The van der Waals surface area contributed by atoms with Gasteiger partial charge in [-0.3, -0.25) is 9.69 Å². The zero-order valence-electron chi connectivity index (χ0n) is 9.53. The molecular weight excluding hydrogens is 248 g/mol. The van der Waals surface area contributed by atoms with Gasteiger partial charge in [-0.15, -0.1) is 10.2 Å². The number of hydrogen-bond donors (Lipinski definition) is 1. The summed E-state index contributed by atoms with van der Waals surface area (Å²) in [6, 6.07) is 0.164. The Hall–Kier alpha value is -0.720. The van der Waals surface area contributed by atoms with E-state index in [9.17, 15) is 4.79 Å². The molecule has 5 nitrogen and oxygen atoms in total. The average Bonchev–Trinajstić information content (AvgIpc) is 2.48. The molecule has 0 spiro atoms. The van der Waals surface area contributed by atoms with E-state index in [2.05, 4.69) is 15.5 Å². The van der Waals surface area contributed by atoms with Gasteiger partial charge in [0.2, 0.25) is 10.4 Å². The summed E-state index contributed by atoms with van der Waals surface area (Å²) in [5.74, 6) is 0.00751. The van der Waals surface area contributed by atoms with Crippen LogP contribution >= 0.6 is 22.9 Å². The van der Waals surface area contributed by atoms with Crippen molar-refractivity contribution < 1.29 is 4.79 Å². The first-order valence-corrected chi connectivity index (χ1v) is 6.12. The van der Waals surface area contributed by atoms with E-state index in [1.54, 1.807) is 0 Å². The molecule has 16 heavy (non-hydrogen) atoms. The molecule has 0 aliphatic carbocycles. The van der Waals surface area contributed by atoms with Crippen molar-refractivity contribution in [3.8, 4) is 0 Å². The maximum Gasteiger partial charge on any atom is 0.234 e. The topological polar surface area (TPSA) is 58.1 Å². The summed E-state index contributed by atoms with van der Waals surface area (Å²) in [4.78, 5) is 13.3. The highest BCUT2D eigenvalue weighted by Gasteiger charge is 2.10. The summed E-state index contributed by atoms with van der Waals surface area (Å²) in [7, 11) is 1.86. The smallest absolute Gasteiger partial charge is 0.234 e. The molecule has 0 atom stereocenters. The lowest BCUT2D eigenvalue weighted by atomic mass is 10.4. The molecule has 0 aromatic carbocycles. The van der Waals surface area contributed by atoms with Gasteiger partial charge in [-0.1, -0.05) is 11.3 Å². The van der Waals surface area contributed by atoms with Gasteiger partial charge in [0.05, 0.1) is 13.1 Å². The summed E-state index contributed by atoms with van der Waals surface area (Å²) in [6.45, 7) is 4.79. The van der Waals surface area contributed by atoms with E-state index >= 15 is 0 Å². The Labute approximate surface area is 104 Å². The molecular formula is C9H15ClN4OS. The van der Waals surface area contributed by atoms with Crippen LogP contribution in [0.25, 0.3) is 0 Å². The van der Waals surface area contributed by atoms with Gasteiger partial charge >= 0.3 is 0 Å². The zero-order valence-corrected chi connectivity index (χ0v) is 11.1. The largest absolute Gasteiger partial charge is 0.353 e. The first-order valence-electron chi connectivity index (χ1n) is 4.93. The summed E-state index contributed by atoms with van der Waals surface area (Å²) >= 11 is 6.99. The number of amides is 1. The van der Waals surface area contributed by atoms with Crippen LogP contribution in [0.3, 0.4) is 0 Å². The monoisotopic (exact) mass is 262 g/mol. The molecule has 1 N–H and O–H groups in total. The Kier molecular flexibility index (Phi) is 5.11. The minimum absolute atomic E-state index is 0.00751. The van der Waals surface area contributed by atoms with Crippen molar-refractivity contribution in [2.45, 2.75) is 26.4 Å². The first-order chi connectivity index (χ1) is 7.47. The average molecular weight is 263 g/mol. The number of likely N-dealkylation sites (N-methyl/N-ethyl adjacent to an activating group) is 1. The fourth-order valence-corrected chi connectivity index (χ4v) is 2.14. The molecule has 0 fully saturated rings. The standard InChI is InChI=1S/C9H15ClN4OS/c1-6(2)11-7(15)4-14(3)5-8-12-13-9(10)16-8/h6H,4-5H2,1-3H3,(H,11,15). The van der Waals surface area contributed by atoms with Crippen LogP contribution in [0.2, 0.25) is 4.47 Å². The number of nitrogens with one attached hydrogen (secondary N) is 1. The second-order valence-corrected chi connectivity index (χ2v) is 5.49. The molecule has 0 bridgehead atoms. The summed E-state index contributed by atoms with van der Waals surface area (Å²) < 4.78 is 0.426. The molecule has 1 amide bonds. The molecule has 1 rings (SSSR count). The van der Waals surface area contributed by atoms with Crippen molar-refractivity contribution in [1.29, 1.82) is 0 Å². The Balaban J connectivity index is 2.35. The van der Waals surface area contributed by atoms with E-state index in [4.69, 9.17) is 11.6 Å². The van der Waals surface area contributed by atoms with Crippen LogP contribution in [0.5, 0.6) is 0 Å². The van der Waals surface area contributed by atoms with Gasteiger partial charge in [0.15, 0.2) is 0 Å². The van der Waals surface area contributed by atoms with Gasteiger partial charge < -0.3 is 5.32 Å². The van der Waals surface area contributed by atoms with Gasteiger partial charge in [-0.25, -0.2) is 0 Å². The molecule has 0 aliphatic heterocycles. The molecule has 0 unspecified atom stereocenters. The van der Waals surface area contributed by atoms with Crippen LogP contribution in [0.4, 0.5) is 0 Å². The molecule has 0 radical (unpaired) electrons. The van der Waals surface area contributed by atoms with Crippen molar-refractivity contribution in [1.82, 2.24) is 20.4 Å². The van der Waals surface area contributed by atoms with Crippen LogP contribution in [0, 0.1) is 0 Å². The lowest BCUT2D eigenvalue weighted by Crippen LogP contribution is -2.38. The second kappa shape index (κ2) is 6.12. The van der Waals surface area contributed by atoms with Crippen LogP contribution in [-0.2, 0) is 11.3 Å². The van der Waals surface area contributed by atoms with Gasteiger partial charge in [-0.05, 0) is 32.5 Å². The molecule has 1 heterocycles.